The highest BCUT2D eigenvalue weighted by molar-refractivity contribution is 9.11. The summed E-state index contributed by atoms with van der Waals surface area (Å²) in [5.74, 6) is 1.74. The number of methoxy groups -OCH3 is 1. The average Bonchev–Trinajstić information content (AvgIpc) is 2.42. The van der Waals surface area contributed by atoms with Crippen molar-refractivity contribution >= 4 is 37.7 Å². The lowest BCUT2D eigenvalue weighted by Gasteiger charge is -2.08. The Labute approximate surface area is 129 Å². The number of aromatic nitrogens is 1. The zero-order chi connectivity index (χ0) is 13.7. The maximum Gasteiger partial charge on any atom is 0.140 e. The molecule has 0 aliphatic heterocycles. The van der Waals surface area contributed by atoms with Gasteiger partial charge < -0.3 is 10.1 Å². The number of halogens is 2. The van der Waals surface area contributed by atoms with Crippen molar-refractivity contribution in [2.24, 2.45) is 0 Å². The van der Waals surface area contributed by atoms with Gasteiger partial charge in [-0.25, -0.2) is 4.98 Å². The Kier molecular flexibility index (Phi) is 5.22. The van der Waals surface area contributed by atoms with Gasteiger partial charge in [0.25, 0.3) is 0 Å². The average molecular weight is 386 g/mol. The van der Waals surface area contributed by atoms with Crippen molar-refractivity contribution in [2.75, 3.05) is 19.0 Å². The van der Waals surface area contributed by atoms with Gasteiger partial charge in [-0.2, -0.15) is 0 Å². The van der Waals surface area contributed by atoms with Crippen LogP contribution in [0.25, 0.3) is 0 Å². The van der Waals surface area contributed by atoms with Gasteiger partial charge in [0.15, 0.2) is 0 Å². The number of ether oxygens (including phenoxy) is 1. The summed E-state index contributed by atoms with van der Waals surface area (Å²) in [5, 5.41) is 3.31. The SMILES string of the molecule is COc1ccc(CCNc2ncc(Br)cc2Br)cc1. The van der Waals surface area contributed by atoms with Crippen LogP contribution in [0.1, 0.15) is 5.56 Å². The van der Waals surface area contributed by atoms with E-state index in [4.69, 9.17) is 4.74 Å². The van der Waals surface area contributed by atoms with Gasteiger partial charge in [0.05, 0.1) is 11.6 Å². The van der Waals surface area contributed by atoms with Crippen LogP contribution in [0.3, 0.4) is 0 Å². The first-order valence-corrected chi connectivity index (χ1v) is 7.45. The Morgan fingerprint density at radius 1 is 1.21 bits per heavy atom. The van der Waals surface area contributed by atoms with Gasteiger partial charge >= 0.3 is 0 Å². The van der Waals surface area contributed by atoms with Crippen molar-refractivity contribution in [1.82, 2.24) is 4.98 Å². The van der Waals surface area contributed by atoms with Gasteiger partial charge in [0.2, 0.25) is 0 Å². The van der Waals surface area contributed by atoms with Crippen molar-refractivity contribution in [1.29, 1.82) is 0 Å². The largest absolute Gasteiger partial charge is 0.497 e. The maximum absolute atomic E-state index is 5.13. The lowest BCUT2D eigenvalue weighted by molar-refractivity contribution is 0.414. The molecule has 3 nitrogen and oxygen atoms in total. The zero-order valence-electron chi connectivity index (χ0n) is 10.5. The molecule has 1 aromatic heterocycles. The van der Waals surface area contributed by atoms with E-state index >= 15 is 0 Å². The Morgan fingerprint density at radius 3 is 2.58 bits per heavy atom. The summed E-state index contributed by atoms with van der Waals surface area (Å²) in [4.78, 5) is 4.31. The Bertz CT molecular complexity index is 544. The third-order valence-electron chi connectivity index (χ3n) is 2.67. The quantitative estimate of drug-likeness (QED) is 0.834. The fraction of sp³-hybridized carbons (Fsp3) is 0.214. The molecule has 0 bridgehead atoms. The van der Waals surface area contributed by atoms with E-state index in [1.807, 2.05) is 18.2 Å². The minimum Gasteiger partial charge on any atom is -0.497 e. The molecule has 1 aromatic carbocycles. The van der Waals surface area contributed by atoms with Crippen LogP contribution in [0, 0.1) is 0 Å². The van der Waals surface area contributed by atoms with Gasteiger partial charge in [-0.1, -0.05) is 12.1 Å². The summed E-state index contributed by atoms with van der Waals surface area (Å²) in [7, 11) is 1.67. The Morgan fingerprint density at radius 2 is 1.95 bits per heavy atom. The topological polar surface area (TPSA) is 34.1 Å². The lowest BCUT2D eigenvalue weighted by atomic mass is 10.1. The maximum atomic E-state index is 5.13. The van der Waals surface area contributed by atoms with E-state index in [0.29, 0.717) is 0 Å². The molecule has 0 amide bonds. The van der Waals surface area contributed by atoms with Crippen LogP contribution in [0.4, 0.5) is 5.82 Å². The summed E-state index contributed by atoms with van der Waals surface area (Å²) < 4.78 is 7.05. The molecule has 1 N–H and O–H groups in total. The van der Waals surface area contributed by atoms with Crippen molar-refractivity contribution in [3.05, 3.63) is 51.0 Å². The highest BCUT2D eigenvalue weighted by Crippen LogP contribution is 2.23. The highest BCUT2D eigenvalue weighted by atomic mass is 79.9. The molecule has 100 valence electrons. The highest BCUT2D eigenvalue weighted by Gasteiger charge is 2.01. The first-order chi connectivity index (χ1) is 9.19. The third kappa shape index (κ3) is 4.21. The number of nitrogens with zero attached hydrogens (tertiary/aromatic N) is 1. The molecule has 0 unspecified atom stereocenters. The van der Waals surface area contributed by atoms with Crippen LogP contribution in [0.2, 0.25) is 0 Å². The van der Waals surface area contributed by atoms with E-state index in [-0.39, 0.29) is 0 Å². The predicted molar refractivity (Wildman–Crippen MR) is 84.8 cm³/mol. The molecule has 0 saturated heterocycles. The van der Waals surface area contributed by atoms with Crippen LogP contribution >= 0.6 is 31.9 Å². The summed E-state index contributed by atoms with van der Waals surface area (Å²) in [6, 6.07) is 10.1. The molecule has 0 fully saturated rings. The molecule has 1 heterocycles. The molecule has 0 aliphatic rings. The molecule has 0 saturated carbocycles. The van der Waals surface area contributed by atoms with Crippen LogP contribution in [-0.2, 0) is 6.42 Å². The molecule has 19 heavy (non-hydrogen) atoms. The normalized spacial score (nSPS) is 10.3. The van der Waals surface area contributed by atoms with Crippen molar-refractivity contribution in [2.45, 2.75) is 6.42 Å². The van der Waals surface area contributed by atoms with Crippen molar-refractivity contribution in [3.63, 3.8) is 0 Å². The lowest BCUT2D eigenvalue weighted by Crippen LogP contribution is -2.06. The summed E-state index contributed by atoms with van der Waals surface area (Å²) in [6.07, 6.45) is 2.72. The van der Waals surface area contributed by atoms with Crippen LogP contribution in [-0.4, -0.2) is 18.6 Å². The Hall–Kier alpha value is -1.07. The third-order valence-corrected chi connectivity index (χ3v) is 3.71. The monoisotopic (exact) mass is 384 g/mol. The van der Waals surface area contributed by atoms with E-state index < -0.39 is 0 Å². The smallest absolute Gasteiger partial charge is 0.140 e. The number of rotatable bonds is 5. The molecule has 0 atom stereocenters. The molecule has 0 radical (unpaired) electrons. The van der Waals surface area contributed by atoms with Crippen LogP contribution < -0.4 is 10.1 Å². The summed E-state index contributed by atoms with van der Waals surface area (Å²) >= 11 is 6.86. The predicted octanol–water partition coefficient (Wildman–Crippen LogP) is 4.27. The number of nitrogens with one attached hydrogen (secondary N) is 1. The van der Waals surface area contributed by atoms with E-state index in [9.17, 15) is 0 Å². The first kappa shape index (κ1) is 14.3. The number of anilines is 1. The fourth-order valence-electron chi connectivity index (χ4n) is 1.66. The number of hydrogen-bond donors (Lipinski definition) is 1. The molecule has 5 heteroatoms. The molecular formula is C14H14Br2N2O. The minimum atomic E-state index is 0.833. The Balaban J connectivity index is 1.88. The molecule has 0 spiro atoms. The van der Waals surface area contributed by atoms with Gasteiger partial charge in [-0.05, 0) is 62.0 Å². The van der Waals surface area contributed by atoms with Crippen LogP contribution in [0.5, 0.6) is 5.75 Å². The standard InChI is InChI=1S/C14H14Br2N2O/c1-19-12-4-2-10(3-5-12)6-7-17-14-13(16)8-11(15)9-18-14/h2-5,8-9H,6-7H2,1H3,(H,17,18). The second-order valence-electron chi connectivity index (χ2n) is 4.01. The second-order valence-corrected chi connectivity index (χ2v) is 5.78. The fourth-order valence-corrected chi connectivity index (χ4v) is 2.79. The van der Waals surface area contributed by atoms with E-state index in [0.717, 1.165) is 33.5 Å². The number of pyridine rings is 1. The van der Waals surface area contributed by atoms with Gasteiger partial charge in [-0.15, -0.1) is 0 Å². The molecule has 2 rings (SSSR count). The van der Waals surface area contributed by atoms with Gasteiger partial charge in [-0.3, -0.25) is 0 Å². The van der Waals surface area contributed by atoms with Crippen molar-refractivity contribution < 1.29 is 4.74 Å². The second kappa shape index (κ2) is 6.91. The van der Waals surface area contributed by atoms with Crippen molar-refractivity contribution in [3.8, 4) is 5.75 Å². The molecule has 2 aromatic rings. The molecule has 0 aliphatic carbocycles. The van der Waals surface area contributed by atoms with Gasteiger partial charge in [0.1, 0.15) is 11.6 Å². The molecular weight excluding hydrogens is 372 g/mol. The summed E-state index contributed by atoms with van der Waals surface area (Å²) in [6.45, 7) is 0.833. The van der Waals surface area contributed by atoms with Crippen LogP contribution in [0.15, 0.2) is 45.5 Å². The number of hydrogen-bond acceptors (Lipinski definition) is 3. The summed E-state index contributed by atoms with van der Waals surface area (Å²) in [5.41, 5.74) is 1.27. The minimum absolute atomic E-state index is 0.833. The van der Waals surface area contributed by atoms with E-state index in [1.165, 1.54) is 5.56 Å². The number of benzene rings is 1. The zero-order valence-corrected chi connectivity index (χ0v) is 13.7. The van der Waals surface area contributed by atoms with E-state index in [1.54, 1.807) is 13.3 Å². The van der Waals surface area contributed by atoms with E-state index in [2.05, 4.69) is 54.3 Å². The first-order valence-electron chi connectivity index (χ1n) is 5.87. The van der Waals surface area contributed by atoms with Gasteiger partial charge in [0, 0.05) is 17.2 Å².